The zero-order valence-electron chi connectivity index (χ0n) is 6.72. The topological polar surface area (TPSA) is 65.6 Å². The van der Waals surface area contributed by atoms with Crippen LogP contribution in [0, 0.1) is 0 Å². The highest BCUT2D eigenvalue weighted by Gasteiger charge is 2.14. The van der Waals surface area contributed by atoms with Crippen LogP contribution >= 0.6 is 0 Å². The lowest BCUT2D eigenvalue weighted by molar-refractivity contribution is 0.707. The molecule has 0 bridgehead atoms. The van der Waals surface area contributed by atoms with Gasteiger partial charge in [-0.15, -0.1) is 0 Å². The van der Waals surface area contributed by atoms with Crippen molar-refractivity contribution in [3.63, 3.8) is 0 Å². The standard InChI is InChI=1S/C6H7N5O/c1-10-4-5(9-6(10)12)11(2)8-3-7-4/h3H,1-2H3. The van der Waals surface area contributed by atoms with Gasteiger partial charge in [-0.3, -0.25) is 4.57 Å². The average molecular weight is 165 g/mol. The Kier molecular flexibility index (Phi) is 1.24. The van der Waals surface area contributed by atoms with E-state index in [4.69, 9.17) is 0 Å². The van der Waals surface area contributed by atoms with Crippen LogP contribution in [0.3, 0.4) is 0 Å². The molecule has 0 unspecified atom stereocenters. The molecule has 0 fully saturated rings. The molecule has 2 aliphatic rings. The van der Waals surface area contributed by atoms with Crippen molar-refractivity contribution in [3.05, 3.63) is 16.8 Å². The molecule has 0 aliphatic carbocycles. The fourth-order valence-corrected chi connectivity index (χ4v) is 1.03. The van der Waals surface area contributed by atoms with Gasteiger partial charge >= 0.3 is 5.69 Å². The Labute approximate surface area is 67.8 Å². The van der Waals surface area contributed by atoms with Crippen LogP contribution in [0.5, 0.6) is 0 Å². The molecule has 0 saturated carbocycles. The van der Waals surface area contributed by atoms with Crippen molar-refractivity contribution in [2.45, 2.75) is 0 Å². The third-order valence-corrected chi connectivity index (χ3v) is 1.72. The molecule has 0 saturated heterocycles. The van der Waals surface area contributed by atoms with Crippen LogP contribution in [0.1, 0.15) is 0 Å². The molecule has 0 aromatic heterocycles. The first-order chi connectivity index (χ1) is 5.70. The van der Waals surface area contributed by atoms with E-state index in [2.05, 4.69) is 15.1 Å². The predicted octanol–water partition coefficient (Wildman–Crippen LogP) is -0.986. The highest BCUT2D eigenvalue weighted by atomic mass is 16.1. The summed E-state index contributed by atoms with van der Waals surface area (Å²) in [6.45, 7) is 0. The Morgan fingerprint density at radius 2 is 2.08 bits per heavy atom. The van der Waals surface area contributed by atoms with E-state index in [-0.39, 0.29) is 5.69 Å². The molecule has 0 N–H and O–H groups in total. The maximum Gasteiger partial charge on any atom is 0.351 e. The Hall–Kier alpha value is -1.72. The fraction of sp³-hybridized carbons (Fsp3) is 0.333. The summed E-state index contributed by atoms with van der Waals surface area (Å²) in [6.07, 6.45) is 1.39. The van der Waals surface area contributed by atoms with Gasteiger partial charge in [0.1, 0.15) is 6.33 Å². The van der Waals surface area contributed by atoms with Gasteiger partial charge in [0.15, 0.2) is 11.6 Å². The van der Waals surface area contributed by atoms with Gasteiger partial charge < -0.3 is 0 Å². The molecule has 62 valence electrons. The second kappa shape index (κ2) is 2.13. The van der Waals surface area contributed by atoms with Crippen LogP contribution in [0.2, 0.25) is 0 Å². The minimum absolute atomic E-state index is 0.305. The lowest BCUT2D eigenvalue weighted by Crippen LogP contribution is -2.12. The van der Waals surface area contributed by atoms with Crippen molar-refractivity contribution in [1.29, 1.82) is 0 Å². The second-order valence-electron chi connectivity index (χ2n) is 2.48. The molecule has 6 heteroatoms. The van der Waals surface area contributed by atoms with Gasteiger partial charge in [-0.05, 0) is 0 Å². The van der Waals surface area contributed by atoms with Crippen molar-refractivity contribution < 1.29 is 0 Å². The molecule has 2 heterocycles. The van der Waals surface area contributed by atoms with Crippen molar-refractivity contribution in [3.8, 4) is 11.6 Å². The van der Waals surface area contributed by atoms with E-state index in [0.717, 1.165) is 0 Å². The van der Waals surface area contributed by atoms with Gasteiger partial charge in [-0.2, -0.15) is 10.1 Å². The van der Waals surface area contributed by atoms with Crippen molar-refractivity contribution in [1.82, 2.24) is 24.3 Å². The Morgan fingerprint density at radius 1 is 1.33 bits per heavy atom. The highest BCUT2D eigenvalue weighted by molar-refractivity contribution is 5.43. The number of hydrogen-bond donors (Lipinski definition) is 0. The van der Waals surface area contributed by atoms with Crippen LogP contribution in [0.25, 0.3) is 11.6 Å². The number of fused-ring (bicyclic) bond motifs is 1. The van der Waals surface area contributed by atoms with Crippen LogP contribution in [-0.4, -0.2) is 24.3 Å². The van der Waals surface area contributed by atoms with Crippen molar-refractivity contribution in [2.75, 3.05) is 0 Å². The van der Waals surface area contributed by atoms with Gasteiger partial charge in [0.05, 0.1) is 0 Å². The van der Waals surface area contributed by atoms with Gasteiger partial charge in [0.25, 0.3) is 0 Å². The fourth-order valence-electron chi connectivity index (χ4n) is 1.03. The number of imidazole rings is 1. The maximum atomic E-state index is 11.1. The van der Waals surface area contributed by atoms with E-state index in [1.165, 1.54) is 15.6 Å². The van der Waals surface area contributed by atoms with Crippen LogP contribution < -0.4 is 5.69 Å². The Balaban J connectivity index is 2.92. The molecular weight excluding hydrogens is 158 g/mol. The first-order valence-electron chi connectivity index (χ1n) is 3.41. The lowest BCUT2D eigenvalue weighted by atomic mass is 10.5. The smallest absolute Gasteiger partial charge is 0.276 e. The SMILES string of the molecule is Cn1ncnc2n(C)c(=O)nc1-2. The van der Waals surface area contributed by atoms with Crippen LogP contribution in [-0.2, 0) is 14.1 Å². The maximum absolute atomic E-state index is 11.1. The number of aromatic nitrogens is 5. The molecule has 0 radical (unpaired) electrons. The summed E-state index contributed by atoms with van der Waals surface area (Å²) in [4.78, 5) is 18.7. The summed E-state index contributed by atoms with van der Waals surface area (Å²) in [6, 6.07) is 0. The quantitative estimate of drug-likeness (QED) is 0.503. The molecule has 12 heavy (non-hydrogen) atoms. The van der Waals surface area contributed by atoms with E-state index < -0.39 is 0 Å². The zero-order valence-corrected chi connectivity index (χ0v) is 6.72. The zero-order chi connectivity index (χ0) is 8.72. The van der Waals surface area contributed by atoms with Gasteiger partial charge in [0.2, 0.25) is 0 Å². The van der Waals surface area contributed by atoms with E-state index in [0.29, 0.717) is 11.6 Å². The first-order valence-corrected chi connectivity index (χ1v) is 3.41. The van der Waals surface area contributed by atoms with E-state index in [1.54, 1.807) is 14.1 Å². The number of rotatable bonds is 0. The largest absolute Gasteiger partial charge is 0.351 e. The molecule has 0 amide bonds. The third kappa shape index (κ3) is 0.744. The minimum atomic E-state index is -0.305. The molecule has 0 atom stereocenters. The van der Waals surface area contributed by atoms with Crippen molar-refractivity contribution in [2.24, 2.45) is 14.1 Å². The predicted molar refractivity (Wildman–Crippen MR) is 40.7 cm³/mol. The van der Waals surface area contributed by atoms with E-state index in [9.17, 15) is 4.79 Å². The van der Waals surface area contributed by atoms with Crippen LogP contribution in [0.4, 0.5) is 0 Å². The lowest BCUT2D eigenvalue weighted by Gasteiger charge is -2.01. The number of hydrogen-bond acceptors (Lipinski definition) is 4. The summed E-state index contributed by atoms with van der Waals surface area (Å²) in [7, 11) is 3.35. The van der Waals surface area contributed by atoms with E-state index >= 15 is 0 Å². The second-order valence-corrected chi connectivity index (χ2v) is 2.48. The average Bonchev–Trinajstić information content (AvgIpc) is 2.32. The number of nitrogens with zero attached hydrogens (tertiary/aromatic N) is 5. The summed E-state index contributed by atoms with van der Waals surface area (Å²) >= 11 is 0. The summed E-state index contributed by atoms with van der Waals surface area (Å²) in [5.41, 5.74) is -0.305. The Morgan fingerprint density at radius 3 is 2.75 bits per heavy atom. The van der Waals surface area contributed by atoms with Gasteiger partial charge in [-0.1, -0.05) is 0 Å². The van der Waals surface area contributed by atoms with E-state index in [1.807, 2.05) is 0 Å². The normalized spacial score (nSPS) is 10.8. The molecule has 0 aromatic rings. The first kappa shape index (κ1) is 6.96. The molecule has 2 aliphatic heterocycles. The van der Waals surface area contributed by atoms with Crippen molar-refractivity contribution >= 4 is 0 Å². The molecule has 6 nitrogen and oxygen atoms in total. The summed E-state index contributed by atoms with van der Waals surface area (Å²) in [5.74, 6) is 1.06. The minimum Gasteiger partial charge on any atom is -0.276 e. The summed E-state index contributed by atoms with van der Waals surface area (Å²) in [5, 5.41) is 3.85. The molecule has 0 spiro atoms. The summed E-state index contributed by atoms with van der Waals surface area (Å²) < 4.78 is 2.90. The number of aryl methyl sites for hydroxylation is 1. The Bertz CT molecular complexity index is 442. The van der Waals surface area contributed by atoms with Crippen LogP contribution in [0.15, 0.2) is 11.1 Å². The third-order valence-electron chi connectivity index (χ3n) is 1.72. The molecule has 2 rings (SSSR count). The van der Waals surface area contributed by atoms with Gasteiger partial charge in [0, 0.05) is 14.1 Å². The monoisotopic (exact) mass is 165 g/mol. The molecular formula is C6H7N5O. The van der Waals surface area contributed by atoms with Gasteiger partial charge in [-0.25, -0.2) is 14.5 Å². The highest BCUT2D eigenvalue weighted by Crippen LogP contribution is 2.08. The molecule has 0 aromatic carbocycles.